The fourth-order valence-corrected chi connectivity index (χ4v) is 25.0. The first kappa shape index (κ1) is 79.4. The van der Waals surface area contributed by atoms with Crippen molar-refractivity contribution in [3.05, 3.63) is 534 Å². The second-order valence-corrected chi connectivity index (χ2v) is 37.7. The first-order chi connectivity index (χ1) is 70.4. The van der Waals surface area contributed by atoms with Crippen LogP contribution < -0.4 is 0 Å². The van der Waals surface area contributed by atoms with Crippen LogP contribution in [0.3, 0.4) is 0 Å². The third-order valence-corrected chi connectivity index (χ3v) is 30.7. The summed E-state index contributed by atoms with van der Waals surface area (Å²) in [7, 11) is 0. The minimum absolute atomic E-state index is 0.446. The highest BCUT2D eigenvalue weighted by atomic mass is 16.3. The van der Waals surface area contributed by atoms with Crippen molar-refractivity contribution < 1.29 is 13.3 Å². The topological polar surface area (TPSA) is 130 Å². The van der Waals surface area contributed by atoms with E-state index in [2.05, 4.69) is 390 Å². The number of hydrogen-bond acceptors (Lipinski definition) is 10. The largest absolute Gasteiger partial charge is 0.456 e. The van der Waals surface area contributed by atoms with E-state index >= 15 is 0 Å². The van der Waals surface area contributed by atoms with Crippen LogP contribution in [0.1, 0.15) is 66.8 Å². The Morgan fingerprint density at radius 2 is 0.472 bits per heavy atom. The second-order valence-electron chi connectivity index (χ2n) is 37.7. The smallest absolute Gasteiger partial charge is 0.160 e. The van der Waals surface area contributed by atoms with Crippen LogP contribution in [-0.2, 0) is 16.2 Å². The molecule has 0 bridgehead atoms. The van der Waals surface area contributed by atoms with Gasteiger partial charge >= 0.3 is 0 Å². The molecular formula is C132H77N7O3. The van der Waals surface area contributed by atoms with Crippen LogP contribution in [0.25, 0.3) is 223 Å². The highest BCUT2D eigenvalue weighted by molar-refractivity contribution is 6.16. The molecule has 0 unspecified atom stereocenters. The number of rotatable bonds is 7. The number of fused-ring (bicyclic) bond motifs is 43. The molecule has 9 aromatic heterocycles. The summed E-state index contributed by atoms with van der Waals surface area (Å²) in [4.78, 5) is 33.6. The standard InChI is InChI=1S/C46H27N3O.C45H26N2O.C41H24N2O/c1-4-14-36-30(11-1)31-12-2-5-15-37(31)46(36)38-16-6-3-13-32(38)33-20-21-34-35-25-28(19-22-43(35)50-45(34)44(33)46)29-26-41(39-17-7-9-23-47-39)49-42(27-29)40-18-8-10-24-48-40;1-2-12-27(13-3-1)42-34-17-7-11-21-39(34)46-44(47-42)28-22-25-40-35(26-28)33-24-23-32-31-16-6-10-20-38(31)45(41(32)43(33)48-40)36-18-8-4-14-29(36)30-15-5-9-19-37(30)45;1-4-12-33-27(9-1)28-10-2-5-13-34(28)41(33)35-14-6-3-11-29(35)30-17-18-31-32-23-25(16-19-38(32)44-40(31)39(30)41)26-20-22-43-37(24-26)36-15-7-8-21-42-36/h1-27H;1-26H;1-24H. The van der Waals surface area contributed by atoms with Gasteiger partial charge in [0.1, 0.15) is 33.5 Å². The minimum atomic E-state index is -0.477. The van der Waals surface area contributed by atoms with Gasteiger partial charge in [0.2, 0.25) is 0 Å². The SMILES string of the molecule is c1ccc(-c2cc(-c3ccc4oc5c6c(ccc5c4c3)-c3ccccc3C63c4ccccc4-c4ccccc43)cc(-c3ccccn3)n2)nc1.c1ccc(-c2cc(-c3ccc4oc5c6c(ccc5c4c3)-c3ccccc3C63c4ccccc4-c4ccccc43)ccn2)nc1.c1ccc(-c2nc(-c3ccc4oc5c6c(ccc5c4c3)-c3ccccc3C63c4ccccc4-c4ccccc43)nc3ccccc23)cc1. The molecule has 26 aromatic rings. The number of nitrogens with zero attached hydrogens (tertiary/aromatic N) is 7. The molecule has 0 saturated heterocycles. The highest BCUT2D eigenvalue weighted by Crippen LogP contribution is 2.69. The van der Waals surface area contributed by atoms with E-state index < -0.39 is 16.2 Å². The van der Waals surface area contributed by atoms with Crippen molar-refractivity contribution in [1.82, 2.24) is 34.9 Å². The summed E-state index contributed by atoms with van der Waals surface area (Å²) in [6, 6.07) is 158. The number of aromatic nitrogens is 7. The number of furan rings is 3. The van der Waals surface area contributed by atoms with Gasteiger partial charge in [-0.3, -0.25) is 19.9 Å². The molecule has 0 aliphatic heterocycles. The van der Waals surface area contributed by atoms with Crippen LogP contribution in [0, 0.1) is 0 Å². The van der Waals surface area contributed by atoms with Gasteiger partial charge in [-0.1, -0.05) is 315 Å². The Labute approximate surface area is 815 Å². The molecule has 142 heavy (non-hydrogen) atoms. The van der Waals surface area contributed by atoms with Gasteiger partial charge in [-0.05, 0) is 266 Å². The molecule has 0 fully saturated rings. The molecule has 3 spiro atoms. The van der Waals surface area contributed by atoms with Crippen molar-refractivity contribution >= 4 is 76.7 Å². The van der Waals surface area contributed by atoms with Gasteiger partial charge in [-0.2, -0.15) is 0 Å². The van der Waals surface area contributed by atoms with E-state index in [4.69, 9.17) is 28.2 Å². The first-order valence-electron chi connectivity index (χ1n) is 48.3. The Balaban J connectivity index is 0.0000000998. The summed E-state index contributed by atoms with van der Waals surface area (Å²) in [6.07, 6.45) is 7.27. The fourth-order valence-electron chi connectivity index (χ4n) is 25.0. The predicted octanol–water partition coefficient (Wildman–Crippen LogP) is 32.4. The van der Waals surface area contributed by atoms with Crippen molar-refractivity contribution in [3.63, 3.8) is 0 Å². The second kappa shape index (κ2) is 30.6. The minimum Gasteiger partial charge on any atom is -0.456 e. The number of pyridine rings is 5. The van der Waals surface area contributed by atoms with E-state index in [1.54, 1.807) is 18.6 Å². The lowest BCUT2D eigenvalue weighted by molar-refractivity contribution is 0.652. The molecule has 0 N–H and O–H groups in total. The fraction of sp³-hybridized carbons (Fsp3) is 0.0227. The van der Waals surface area contributed by atoms with Crippen LogP contribution >= 0.6 is 0 Å². The van der Waals surface area contributed by atoms with Crippen molar-refractivity contribution in [3.8, 4) is 146 Å². The average molecular weight is 1810 g/mol. The summed E-state index contributed by atoms with van der Waals surface area (Å²) in [5.74, 6) is 0.701. The van der Waals surface area contributed by atoms with Crippen molar-refractivity contribution in [2.75, 3.05) is 0 Å². The van der Waals surface area contributed by atoms with Crippen LogP contribution in [-0.4, -0.2) is 34.9 Å². The molecule has 658 valence electrons. The lowest BCUT2D eigenvalue weighted by Crippen LogP contribution is -2.26. The van der Waals surface area contributed by atoms with Gasteiger partial charge in [0, 0.05) is 90.3 Å². The maximum Gasteiger partial charge on any atom is 0.160 e. The Bertz CT molecular complexity index is 9600. The summed E-state index contributed by atoms with van der Waals surface area (Å²) in [6.45, 7) is 0. The molecule has 0 atom stereocenters. The van der Waals surface area contributed by atoms with E-state index in [-0.39, 0.29) is 0 Å². The Morgan fingerprint density at radius 3 is 0.852 bits per heavy atom. The quantitative estimate of drug-likeness (QED) is 0.152. The molecule has 0 amide bonds. The molecule has 32 rings (SSSR count). The lowest BCUT2D eigenvalue weighted by atomic mass is 9.70. The normalized spacial score (nSPS) is 13.5. The van der Waals surface area contributed by atoms with Gasteiger partial charge in [-0.15, -0.1) is 0 Å². The molecule has 0 saturated carbocycles. The molecule has 0 radical (unpaired) electrons. The van der Waals surface area contributed by atoms with Gasteiger partial charge < -0.3 is 13.3 Å². The number of hydrogen-bond donors (Lipinski definition) is 0. The van der Waals surface area contributed by atoms with E-state index in [1.807, 2.05) is 79.0 Å². The lowest BCUT2D eigenvalue weighted by Gasteiger charge is -2.30. The summed E-state index contributed by atoms with van der Waals surface area (Å²) < 4.78 is 20.8. The van der Waals surface area contributed by atoms with Crippen molar-refractivity contribution in [1.29, 1.82) is 0 Å². The van der Waals surface area contributed by atoms with Crippen molar-refractivity contribution in [2.45, 2.75) is 16.2 Å². The summed E-state index contributed by atoms with van der Waals surface area (Å²) >= 11 is 0. The first-order valence-corrected chi connectivity index (χ1v) is 48.3. The van der Waals surface area contributed by atoms with E-state index in [0.717, 1.165) is 150 Å². The van der Waals surface area contributed by atoms with E-state index in [1.165, 1.54) is 134 Å². The molecule has 6 aliphatic carbocycles. The highest BCUT2D eigenvalue weighted by Gasteiger charge is 2.57. The maximum atomic E-state index is 6.99. The van der Waals surface area contributed by atoms with Gasteiger partial charge in [0.05, 0.1) is 61.6 Å². The molecular weight excluding hydrogens is 1730 g/mol. The molecule has 6 aliphatic rings. The van der Waals surface area contributed by atoms with Gasteiger partial charge in [0.25, 0.3) is 0 Å². The third kappa shape index (κ3) is 11.2. The average Bonchev–Trinajstić information content (AvgIpc) is 1.51. The maximum absolute atomic E-state index is 6.99. The molecule has 10 heteroatoms. The number of benzene rings is 17. The number of para-hydroxylation sites is 1. The predicted molar refractivity (Wildman–Crippen MR) is 570 cm³/mol. The Hall–Kier alpha value is -18.8. The molecule has 9 heterocycles. The summed E-state index contributed by atoms with van der Waals surface area (Å²) in [5, 5.41) is 7.65. The van der Waals surface area contributed by atoms with Gasteiger partial charge in [0.15, 0.2) is 5.82 Å². The zero-order valence-corrected chi connectivity index (χ0v) is 76.3. The zero-order chi connectivity index (χ0) is 93.0. The van der Waals surface area contributed by atoms with Crippen molar-refractivity contribution in [2.24, 2.45) is 0 Å². The van der Waals surface area contributed by atoms with Crippen LogP contribution in [0.2, 0.25) is 0 Å². The van der Waals surface area contributed by atoms with Crippen LogP contribution in [0.4, 0.5) is 0 Å². The van der Waals surface area contributed by atoms with Gasteiger partial charge in [-0.25, -0.2) is 15.0 Å². The van der Waals surface area contributed by atoms with Crippen LogP contribution in [0.5, 0.6) is 0 Å². The zero-order valence-electron chi connectivity index (χ0n) is 76.3. The summed E-state index contributed by atoms with van der Waals surface area (Å²) in [5.41, 5.74) is 48.0. The Kier molecular flexibility index (Phi) is 17.1. The third-order valence-electron chi connectivity index (χ3n) is 30.7. The monoisotopic (exact) mass is 1810 g/mol. The van der Waals surface area contributed by atoms with E-state index in [9.17, 15) is 0 Å². The van der Waals surface area contributed by atoms with E-state index in [0.29, 0.717) is 5.82 Å². The Morgan fingerprint density at radius 1 is 0.169 bits per heavy atom. The molecule has 10 nitrogen and oxygen atoms in total. The molecule has 17 aromatic carbocycles. The van der Waals surface area contributed by atoms with Crippen LogP contribution in [0.15, 0.2) is 481 Å².